The Labute approximate surface area is 144 Å². The molecule has 0 atom stereocenters. The molecule has 0 aromatic heterocycles. The first-order valence-electron chi connectivity index (χ1n) is 8.24. The van der Waals surface area contributed by atoms with Crippen LogP contribution in [0, 0.1) is 5.92 Å². The van der Waals surface area contributed by atoms with Crippen LogP contribution in [0.25, 0.3) is 0 Å². The van der Waals surface area contributed by atoms with Gasteiger partial charge in [0.15, 0.2) is 0 Å². The minimum Gasteiger partial charge on any atom is -0.383 e. The fraction of sp³-hybridized carbons (Fsp3) is 0.588. The monoisotopic (exact) mass is 354 g/mol. The number of hydrogen-bond acceptors (Lipinski definition) is 4. The first kappa shape index (κ1) is 18.9. The first-order chi connectivity index (χ1) is 11.3. The fourth-order valence-corrected chi connectivity index (χ4v) is 3.67. The first-order valence-corrected chi connectivity index (χ1v) is 9.72. The minimum absolute atomic E-state index is 0.0619. The Morgan fingerprint density at radius 2 is 1.92 bits per heavy atom. The van der Waals surface area contributed by atoms with Crippen molar-refractivity contribution in [3.63, 3.8) is 0 Å². The molecule has 0 heterocycles. The Balaban J connectivity index is 2.10. The van der Waals surface area contributed by atoms with Gasteiger partial charge in [-0.1, -0.05) is 13.8 Å². The van der Waals surface area contributed by atoms with Gasteiger partial charge in [-0.3, -0.25) is 4.79 Å². The van der Waals surface area contributed by atoms with Crippen molar-refractivity contribution >= 4 is 15.9 Å². The zero-order valence-electron chi connectivity index (χ0n) is 14.5. The minimum atomic E-state index is -3.49. The molecule has 134 valence electrons. The van der Waals surface area contributed by atoms with Gasteiger partial charge in [0.25, 0.3) is 5.91 Å². The van der Waals surface area contributed by atoms with Gasteiger partial charge in [-0.25, -0.2) is 13.1 Å². The molecule has 1 saturated carbocycles. The van der Waals surface area contributed by atoms with Crippen molar-refractivity contribution in [2.45, 2.75) is 37.6 Å². The van der Waals surface area contributed by atoms with Crippen molar-refractivity contribution in [2.24, 2.45) is 5.92 Å². The second kappa shape index (κ2) is 8.09. The summed E-state index contributed by atoms with van der Waals surface area (Å²) in [6.07, 6.45) is 1.78. The summed E-state index contributed by atoms with van der Waals surface area (Å²) < 4.78 is 32.0. The van der Waals surface area contributed by atoms with Crippen LogP contribution in [-0.4, -0.2) is 52.1 Å². The maximum Gasteiger partial charge on any atom is 0.253 e. The summed E-state index contributed by atoms with van der Waals surface area (Å²) in [4.78, 5) is 14.6. The summed E-state index contributed by atoms with van der Waals surface area (Å²) >= 11 is 0. The van der Waals surface area contributed by atoms with E-state index in [1.165, 1.54) is 12.1 Å². The standard InChI is InChI=1S/C17H26N2O4S/c1-13(2)12-19(10-11-23-3)17(20)14-4-8-16(9-5-14)24(21,22)18-15-6-7-15/h4-5,8-9,13,15,18H,6-7,10-12H2,1-3H3. The Hall–Kier alpha value is -1.44. The highest BCUT2D eigenvalue weighted by atomic mass is 32.2. The molecule has 7 heteroatoms. The van der Waals surface area contributed by atoms with Crippen LogP contribution < -0.4 is 4.72 Å². The van der Waals surface area contributed by atoms with Gasteiger partial charge in [0.05, 0.1) is 11.5 Å². The predicted molar refractivity (Wildman–Crippen MR) is 92.4 cm³/mol. The summed E-state index contributed by atoms with van der Waals surface area (Å²) in [7, 11) is -1.89. The van der Waals surface area contributed by atoms with E-state index in [-0.39, 0.29) is 16.8 Å². The lowest BCUT2D eigenvalue weighted by Gasteiger charge is -2.24. The van der Waals surface area contributed by atoms with Crippen molar-refractivity contribution in [3.05, 3.63) is 29.8 Å². The number of nitrogens with zero attached hydrogens (tertiary/aromatic N) is 1. The Morgan fingerprint density at radius 1 is 1.29 bits per heavy atom. The maximum atomic E-state index is 12.6. The third-order valence-corrected chi connectivity index (χ3v) is 5.29. The normalized spacial score (nSPS) is 14.8. The van der Waals surface area contributed by atoms with Crippen LogP contribution in [0.15, 0.2) is 29.2 Å². The molecule has 1 amide bonds. The number of rotatable bonds is 9. The van der Waals surface area contributed by atoms with Crippen LogP contribution in [0.4, 0.5) is 0 Å². The van der Waals surface area contributed by atoms with Crippen LogP contribution in [-0.2, 0) is 14.8 Å². The Morgan fingerprint density at radius 3 is 2.42 bits per heavy atom. The van der Waals surface area contributed by atoms with E-state index in [0.29, 0.717) is 31.2 Å². The topological polar surface area (TPSA) is 75.7 Å². The van der Waals surface area contributed by atoms with Crippen molar-refractivity contribution in [3.8, 4) is 0 Å². The average Bonchev–Trinajstić information content (AvgIpc) is 3.34. The quantitative estimate of drug-likeness (QED) is 0.734. The summed E-state index contributed by atoms with van der Waals surface area (Å²) in [5, 5.41) is 0. The summed E-state index contributed by atoms with van der Waals surface area (Å²) in [5.41, 5.74) is 0.483. The van der Waals surface area contributed by atoms with Crippen molar-refractivity contribution in [1.82, 2.24) is 9.62 Å². The molecule has 0 radical (unpaired) electrons. The van der Waals surface area contributed by atoms with Gasteiger partial charge in [-0.15, -0.1) is 0 Å². The Kier molecular flexibility index (Phi) is 6.37. The van der Waals surface area contributed by atoms with Crippen LogP contribution in [0.1, 0.15) is 37.0 Å². The van der Waals surface area contributed by atoms with Gasteiger partial charge in [0.2, 0.25) is 10.0 Å². The molecule has 0 unspecified atom stereocenters. The van der Waals surface area contributed by atoms with Crippen LogP contribution in [0.5, 0.6) is 0 Å². The molecule has 0 spiro atoms. The number of carbonyl (C=O) groups excluding carboxylic acids is 1. The molecule has 24 heavy (non-hydrogen) atoms. The van der Waals surface area contributed by atoms with Gasteiger partial charge < -0.3 is 9.64 Å². The number of amides is 1. The van der Waals surface area contributed by atoms with Gasteiger partial charge in [-0.2, -0.15) is 0 Å². The van der Waals surface area contributed by atoms with Crippen molar-refractivity contribution in [2.75, 3.05) is 26.8 Å². The molecular weight excluding hydrogens is 328 g/mol. The van der Waals surface area contributed by atoms with E-state index in [1.807, 2.05) is 13.8 Å². The lowest BCUT2D eigenvalue weighted by molar-refractivity contribution is 0.0672. The van der Waals surface area contributed by atoms with Gasteiger partial charge >= 0.3 is 0 Å². The third kappa shape index (κ3) is 5.29. The fourth-order valence-electron chi connectivity index (χ4n) is 2.37. The van der Waals surface area contributed by atoms with Gasteiger partial charge in [0, 0.05) is 31.8 Å². The predicted octanol–water partition coefficient (Wildman–Crippen LogP) is 1.87. The van der Waals surface area contributed by atoms with Gasteiger partial charge in [0.1, 0.15) is 0 Å². The van der Waals surface area contributed by atoms with E-state index >= 15 is 0 Å². The number of methoxy groups -OCH3 is 1. The molecule has 1 aliphatic rings. The molecule has 2 rings (SSSR count). The summed E-state index contributed by atoms with van der Waals surface area (Å²) in [6.45, 7) is 5.71. The van der Waals surface area contributed by atoms with Crippen molar-refractivity contribution in [1.29, 1.82) is 0 Å². The van der Waals surface area contributed by atoms with Crippen molar-refractivity contribution < 1.29 is 17.9 Å². The second-order valence-electron chi connectivity index (χ2n) is 6.56. The van der Waals surface area contributed by atoms with E-state index in [4.69, 9.17) is 4.74 Å². The van der Waals surface area contributed by atoms with Crippen LogP contribution in [0.3, 0.4) is 0 Å². The SMILES string of the molecule is COCCN(CC(C)C)C(=O)c1ccc(S(=O)(=O)NC2CC2)cc1. The average molecular weight is 354 g/mol. The molecule has 0 aliphatic heterocycles. The van der Waals surface area contributed by atoms with Crippen LogP contribution >= 0.6 is 0 Å². The zero-order chi connectivity index (χ0) is 17.7. The largest absolute Gasteiger partial charge is 0.383 e. The highest BCUT2D eigenvalue weighted by Gasteiger charge is 2.28. The number of sulfonamides is 1. The molecule has 1 aromatic rings. The summed E-state index contributed by atoms with van der Waals surface area (Å²) in [6, 6.07) is 6.18. The van der Waals surface area contributed by atoms with E-state index in [1.54, 1.807) is 24.1 Å². The molecule has 1 aromatic carbocycles. The lowest BCUT2D eigenvalue weighted by atomic mass is 10.1. The van der Waals surface area contributed by atoms with E-state index in [9.17, 15) is 13.2 Å². The number of carbonyl (C=O) groups is 1. The smallest absolute Gasteiger partial charge is 0.253 e. The van der Waals surface area contributed by atoms with E-state index in [0.717, 1.165) is 12.8 Å². The lowest BCUT2D eigenvalue weighted by Crippen LogP contribution is -2.36. The maximum absolute atomic E-state index is 12.6. The molecular formula is C17H26N2O4S. The van der Waals surface area contributed by atoms with Crippen LogP contribution in [0.2, 0.25) is 0 Å². The molecule has 0 bridgehead atoms. The summed E-state index contributed by atoms with van der Waals surface area (Å²) in [5.74, 6) is 0.230. The molecule has 1 aliphatic carbocycles. The highest BCUT2D eigenvalue weighted by Crippen LogP contribution is 2.22. The second-order valence-corrected chi connectivity index (χ2v) is 8.27. The van der Waals surface area contributed by atoms with E-state index < -0.39 is 10.0 Å². The number of ether oxygens (including phenoxy) is 1. The molecule has 1 N–H and O–H groups in total. The third-order valence-electron chi connectivity index (χ3n) is 3.75. The highest BCUT2D eigenvalue weighted by molar-refractivity contribution is 7.89. The number of nitrogens with one attached hydrogen (secondary N) is 1. The molecule has 6 nitrogen and oxygen atoms in total. The molecule has 1 fully saturated rings. The number of benzene rings is 1. The van der Waals surface area contributed by atoms with Gasteiger partial charge in [-0.05, 0) is 43.0 Å². The zero-order valence-corrected chi connectivity index (χ0v) is 15.3. The Bertz CT molecular complexity index is 652. The number of hydrogen-bond donors (Lipinski definition) is 1. The molecule has 0 saturated heterocycles. The van der Waals surface area contributed by atoms with E-state index in [2.05, 4.69) is 4.72 Å².